The molecule has 1 atom stereocenters. The molecule has 2 heteroatoms. The molecule has 1 nitrogen and oxygen atoms in total. The molecule has 0 aromatic heterocycles. The van der Waals surface area contributed by atoms with Gasteiger partial charge in [-0.1, -0.05) is 97.1 Å². The third-order valence-electron chi connectivity index (χ3n) is 5.31. The van der Waals surface area contributed by atoms with Crippen molar-refractivity contribution in [1.29, 1.82) is 0 Å². The maximum Gasteiger partial charge on any atom is 0.0714 e. The molecule has 29 heavy (non-hydrogen) atoms. The predicted octanol–water partition coefficient (Wildman–Crippen LogP) is 6.60. The van der Waals surface area contributed by atoms with Gasteiger partial charge >= 0.3 is 0 Å². The quantitative estimate of drug-likeness (QED) is 0.337. The van der Waals surface area contributed by atoms with Crippen LogP contribution in [-0.4, -0.2) is 29.6 Å². The van der Waals surface area contributed by atoms with E-state index in [9.17, 15) is 0 Å². The van der Waals surface area contributed by atoms with Gasteiger partial charge in [0.1, 0.15) is 0 Å². The SMILES string of the molecule is CC(Cc1ccccc1)(c1ccccc1)N(c1ccccc1)c1ccccc1.[Na]. The minimum atomic E-state index is -0.245. The molecule has 0 saturated carbocycles. The van der Waals surface area contributed by atoms with Crippen molar-refractivity contribution in [3.8, 4) is 0 Å². The van der Waals surface area contributed by atoms with Gasteiger partial charge in [-0.3, -0.25) is 0 Å². The van der Waals surface area contributed by atoms with Crippen LogP contribution in [0.4, 0.5) is 11.4 Å². The van der Waals surface area contributed by atoms with E-state index in [4.69, 9.17) is 0 Å². The van der Waals surface area contributed by atoms with E-state index in [-0.39, 0.29) is 35.1 Å². The average Bonchev–Trinajstić information content (AvgIpc) is 2.77. The third-order valence-corrected chi connectivity index (χ3v) is 5.31. The molecule has 0 aliphatic carbocycles. The van der Waals surface area contributed by atoms with Crippen molar-refractivity contribution in [2.45, 2.75) is 18.9 Å². The van der Waals surface area contributed by atoms with E-state index in [1.807, 2.05) is 0 Å². The van der Waals surface area contributed by atoms with Gasteiger partial charge in [0, 0.05) is 40.9 Å². The maximum atomic E-state index is 2.47. The molecular formula is C27H25NNa. The largest absolute Gasteiger partial charge is 0.331 e. The summed E-state index contributed by atoms with van der Waals surface area (Å²) in [6, 6.07) is 42.9. The minimum Gasteiger partial charge on any atom is -0.331 e. The van der Waals surface area contributed by atoms with E-state index in [0.29, 0.717) is 0 Å². The minimum absolute atomic E-state index is 0. The molecule has 0 N–H and O–H groups in total. The van der Waals surface area contributed by atoms with Crippen LogP contribution in [0.3, 0.4) is 0 Å². The smallest absolute Gasteiger partial charge is 0.0714 e. The van der Waals surface area contributed by atoms with E-state index in [2.05, 4.69) is 133 Å². The first kappa shape index (κ1) is 21.4. The van der Waals surface area contributed by atoms with Crippen molar-refractivity contribution >= 4 is 40.9 Å². The van der Waals surface area contributed by atoms with Crippen LogP contribution in [0.2, 0.25) is 0 Å². The fourth-order valence-corrected chi connectivity index (χ4v) is 3.97. The van der Waals surface area contributed by atoms with Crippen LogP contribution in [0.1, 0.15) is 18.1 Å². The summed E-state index contributed by atoms with van der Waals surface area (Å²) >= 11 is 0. The Morgan fingerprint density at radius 1 is 0.552 bits per heavy atom. The molecule has 139 valence electrons. The molecule has 0 bridgehead atoms. The summed E-state index contributed by atoms with van der Waals surface area (Å²) in [6.07, 6.45) is 0.904. The standard InChI is InChI=1S/C27H25N.Na/c1-27(24-16-8-3-9-17-24,22-23-14-6-2-7-15-23)28(25-18-10-4-11-19-25)26-20-12-5-13-21-26;/h2-21H,22H2,1H3;. The Morgan fingerprint density at radius 2 is 0.931 bits per heavy atom. The molecule has 4 aromatic rings. The van der Waals surface area contributed by atoms with E-state index in [0.717, 1.165) is 6.42 Å². The second-order valence-electron chi connectivity index (χ2n) is 7.31. The van der Waals surface area contributed by atoms with Crippen LogP contribution in [0.25, 0.3) is 0 Å². The van der Waals surface area contributed by atoms with Gasteiger partial charge in [-0.2, -0.15) is 0 Å². The Bertz CT molecular complexity index is 948. The molecule has 1 radical (unpaired) electrons. The topological polar surface area (TPSA) is 3.24 Å². The number of rotatable bonds is 6. The molecule has 0 aliphatic rings. The summed E-state index contributed by atoms with van der Waals surface area (Å²) in [4.78, 5) is 2.47. The van der Waals surface area contributed by atoms with Gasteiger partial charge in [0.15, 0.2) is 0 Å². The summed E-state index contributed by atoms with van der Waals surface area (Å²) in [5.41, 5.74) is 4.76. The van der Waals surface area contributed by atoms with Gasteiger partial charge in [0.25, 0.3) is 0 Å². The Labute approximate surface area is 196 Å². The summed E-state index contributed by atoms with van der Waals surface area (Å²) in [5.74, 6) is 0. The molecular weight excluding hydrogens is 361 g/mol. The van der Waals surface area contributed by atoms with Gasteiger partial charge in [0.2, 0.25) is 0 Å². The Balaban J connectivity index is 0.00000240. The zero-order chi connectivity index (χ0) is 19.2. The van der Waals surface area contributed by atoms with E-state index < -0.39 is 0 Å². The van der Waals surface area contributed by atoms with Gasteiger partial charge in [0.05, 0.1) is 5.54 Å². The van der Waals surface area contributed by atoms with E-state index >= 15 is 0 Å². The van der Waals surface area contributed by atoms with Crippen LogP contribution in [-0.2, 0) is 12.0 Å². The van der Waals surface area contributed by atoms with E-state index in [1.165, 1.54) is 22.5 Å². The van der Waals surface area contributed by atoms with Crippen LogP contribution in [0, 0.1) is 0 Å². The molecule has 4 aromatic carbocycles. The molecule has 0 saturated heterocycles. The Morgan fingerprint density at radius 3 is 1.38 bits per heavy atom. The van der Waals surface area contributed by atoms with Gasteiger partial charge in [-0.25, -0.2) is 0 Å². The summed E-state index contributed by atoms with van der Waals surface area (Å²) in [6.45, 7) is 2.34. The van der Waals surface area contributed by atoms with E-state index in [1.54, 1.807) is 0 Å². The molecule has 0 amide bonds. The van der Waals surface area contributed by atoms with Gasteiger partial charge in [-0.05, 0) is 48.7 Å². The Kier molecular flexibility index (Phi) is 7.33. The second kappa shape index (κ2) is 9.93. The zero-order valence-corrected chi connectivity index (χ0v) is 19.2. The summed E-state index contributed by atoms with van der Waals surface area (Å²) < 4.78 is 0. The predicted molar refractivity (Wildman–Crippen MR) is 125 cm³/mol. The first-order valence-electron chi connectivity index (χ1n) is 9.77. The first-order chi connectivity index (χ1) is 13.8. The second-order valence-corrected chi connectivity index (χ2v) is 7.31. The maximum absolute atomic E-state index is 2.47. The number of para-hydroxylation sites is 2. The van der Waals surface area contributed by atoms with Crippen molar-refractivity contribution < 1.29 is 0 Å². The third kappa shape index (κ3) is 4.82. The van der Waals surface area contributed by atoms with Gasteiger partial charge in [-0.15, -0.1) is 0 Å². The zero-order valence-electron chi connectivity index (χ0n) is 17.2. The number of hydrogen-bond donors (Lipinski definition) is 0. The normalized spacial score (nSPS) is 12.4. The molecule has 4 rings (SSSR count). The molecule has 0 spiro atoms. The number of hydrogen-bond acceptors (Lipinski definition) is 1. The number of anilines is 2. The van der Waals surface area contributed by atoms with Gasteiger partial charge < -0.3 is 4.90 Å². The summed E-state index contributed by atoms with van der Waals surface area (Å²) in [7, 11) is 0. The fraction of sp³-hybridized carbons (Fsp3) is 0.111. The van der Waals surface area contributed by atoms with Crippen molar-refractivity contribution in [3.63, 3.8) is 0 Å². The van der Waals surface area contributed by atoms with Crippen LogP contribution < -0.4 is 4.90 Å². The molecule has 0 aliphatic heterocycles. The first-order valence-corrected chi connectivity index (χ1v) is 9.77. The Hall–Kier alpha value is -2.32. The number of benzene rings is 4. The summed E-state index contributed by atoms with van der Waals surface area (Å²) in [5, 5.41) is 0. The molecule has 1 unspecified atom stereocenters. The van der Waals surface area contributed by atoms with Crippen LogP contribution >= 0.6 is 0 Å². The van der Waals surface area contributed by atoms with Crippen molar-refractivity contribution in [3.05, 3.63) is 132 Å². The van der Waals surface area contributed by atoms with Crippen LogP contribution in [0.15, 0.2) is 121 Å². The average molecular weight is 386 g/mol. The molecule has 0 fully saturated rings. The molecule has 0 heterocycles. The van der Waals surface area contributed by atoms with Crippen LogP contribution in [0.5, 0.6) is 0 Å². The van der Waals surface area contributed by atoms with Crippen molar-refractivity contribution in [2.24, 2.45) is 0 Å². The van der Waals surface area contributed by atoms with Crippen molar-refractivity contribution in [2.75, 3.05) is 4.90 Å². The number of nitrogens with zero attached hydrogens (tertiary/aromatic N) is 1. The van der Waals surface area contributed by atoms with Crippen molar-refractivity contribution in [1.82, 2.24) is 0 Å². The fourth-order valence-electron chi connectivity index (χ4n) is 3.97. The monoisotopic (exact) mass is 386 g/mol.